The summed E-state index contributed by atoms with van der Waals surface area (Å²) in [4.78, 5) is 26.7. The molecule has 0 saturated carbocycles. The maximum atomic E-state index is 12.8. The molecule has 2 heterocycles. The van der Waals surface area contributed by atoms with E-state index in [9.17, 15) is 18.4 Å². The summed E-state index contributed by atoms with van der Waals surface area (Å²) in [5.41, 5.74) is 0.423. The molecule has 0 spiro atoms. The predicted molar refractivity (Wildman–Crippen MR) is 112 cm³/mol. The number of likely N-dealkylation sites (tertiary alicyclic amines) is 1. The zero-order valence-corrected chi connectivity index (χ0v) is 17.8. The molecule has 1 aromatic carbocycles. The van der Waals surface area contributed by atoms with Crippen LogP contribution in [0.15, 0.2) is 42.6 Å². The highest BCUT2D eigenvalue weighted by Gasteiger charge is 2.28. The molecule has 0 unspecified atom stereocenters. The Balaban J connectivity index is 1.59. The van der Waals surface area contributed by atoms with E-state index < -0.39 is 12.2 Å². The number of carbonyl (C=O) groups is 2. The van der Waals surface area contributed by atoms with Gasteiger partial charge in [0.15, 0.2) is 0 Å². The quantitative estimate of drug-likeness (QED) is 0.724. The van der Waals surface area contributed by atoms with Crippen molar-refractivity contribution in [2.45, 2.75) is 51.9 Å². The number of aromatic nitrogens is 1. The van der Waals surface area contributed by atoms with E-state index in [1.165, 1.54) is 24.3 Å². The summed E-state index contributed by atoms with van der Waals surface area (Å²) in [6, 6.07) is 9.35. The van der Waals surface area contributed by atoms with Gasteiger partial charge in [-0.25, -0.2) is 4.79 Å². The summed E-state index contributed by atoms with van der Waals surface area (Å²) in [6.07, 6.45) is 2.93. The normalized spacial score (nSPS) is 15.1. The van der Waals surface area contributed by atoms with Crippen molar-refractivity contribution in [3.05, 3.63) is 48.3 Å². The zero-order valence-electron chi connectivity index (χ0n) is 17.8. The molecule has 2 amide bonds. The minimum Gasteiger partial charge on any atom is -0.444 e. The molecular formula is C22H27F2N3O4. The summed E-state index contributed by atoms with van der Waals surface area (Å²) < 4.78 is 36.2. The van der Waals surface area contributed by atoms with E-state index in [-0.39, 0.29) is 23.8 Å². The van der Waals surface area contributed by atoms with Crippen molar-refractivity contribution in [2.24, 2.45) is 0 Å². The Morgan fingerprint density at radius 1 is 1.10 bits per heavy atom. The van der Waals surface area contributed by atoms with Crippen LogP contribution in [-0.4, -0.2) is 46.8 Å². The van der Waals surface area contributed by atoms with E-state index in [2.05, 4.69) is 10.1 Å². The van der Waals surface area contributed by atoms with Gasteiger partial charge in [-0.3, -0.25) is 4.79 Å². The number of piperidine rings is 1. The van der Waals surface area contributed by atoms with Crippen molar-refractivity contribution in [3.8, 4) is 5.75 Å². The molecule has 0 radical (unpaired) electrons. The van der Waals surface area contributed by atoms with Crippen molar-refractivity contribution < 1.29 is 27.8 Å². The van der Waals surface area contributed by atoms with Crippen LogP contribution in [0.4, 0.5) is 19.3 Å². The Morgan fingerprint density at radius 3 is 2.32 bits per heavy atom. The third-order valence-corrected chi connectivity index (χ3v) is 4.86. The monoisotopic (exact) mass is 435 g/mol. The molecule has 0 aliphatic carbocycles. The highest BCUT2D eigenvalue weighted by molar-refractivity contribution is 6.03. The molecule has 1 fully saturated rings. The average Bonchev–Trinajstić information content (AvgIpc) is 3.18. The van der Waals surface area contributed by atoms with E-state index in [4.69, 9.17) is 4.74 Å². The Bertz CT molecular complexity index is 898. The minimum atomic E-state index is -2.90. The van der Waals surface area contributed by atoms with Crippen LogP contribution in [0.3, 0.4) is 0 Å². The van der Waals surface area contributed by atoms with E-state index in [1.807, 2.05) is 31.5 Å². The van der Waals surface area contributed by atoms with Crippen LogP contribution in [0, 0.1) is 0 Å². The van der Waals surface area contributed by atoms with Gasteiger partial charge < -0.3 is 24.3 Å². The van der Waals surface area contributed by atoms with Crippen molar-refractivity contribution in [1.82, 2.24) is 9.47 Å². The van der Waals surface area contributed by atoms with Gasteiger partial charge in [0.1, 0.15) is 17.0 Å². The van der Waals surface area contributed by atoms with Gasteiger partial charge >= 0.3 is 12.7 Å². The number of anilines is 1. The first-order chi connectivity index (χ1) is 14.6. The molecule has 3 rings (SSSR count). The molecular weight excluding hydrogens is 408 g/mol. The minimum absolute atomic E-state index is 0.0214. The first kappa shape index (κ1) is 22.6. The lowest BCUT2D eigenvalue weighted by atomic mass is 10.0. The smallest absolute Gasteiger partial charge is 0.410 e. The van der Waals surface area contributed by atoms with Gasteiger partial charge in [-0.2, -0.15) is 8.78 Å². The number of hydrogen-bond donors (Lipinski definition) is 1. The summed E-state index contributed by atoms with van der Waals surface area (Å²) >= 11 is 0. The number of nitrogens with zero attached hydrogens (tertiary/aromatic N) is 2. The molecule has 1 saturated heterocycles. The number of rotatable bonds is 5. The van der Waals surface area contributed by atoms with Crippen molar-refractivity contribution in [2.75, 3.05) is 18.4 Å². The van der Waals surface area contributed by atoms with E-state index >= 15 is 0 Å². The second-order valence-electron chi connectivity index (χ2n) is 8.36. The number of hydrogen-bond acceptors (Lipinski definition) is 4. The lowest BCUT2D eigenvalue weighted by molar-refractivity contribution is -0.0498. The van der Waals surface area contributed by atoms with Crippen LogP contribution >= 0.6 is 0 Å². The van der Waals surface area contributed by atoms with Gasteiger partial charge in [-0.1, -0.05) is 0 Å². The molecule has 9 heteroatoms. The van der Waals surface area contributed by atoms with Crippen molar-refractivity contribution >= 4 is 17.7 Å². The largest absolute Gasteiger partial charge is 0.444 e. The molecule has 168 valence electrons. The maximum absolute atomic E-state index is 12.8. The molecule has 7 nitrogen and oxygen atoms in total. The molecule has 1 aromatic heterocycles. The van der Waals surface area contributed by atoms with Crippen LogP contribution < -0.4 is 10.1 Å². The van der Waals surface area contributed by atoms with E-state index in [0.717, 1.165) is 0 Å². The summed E-state index contributed by atoms with van der Waals surface area (Å²) in [5.74, 6) is -0.282. The average molecular weight is 435 g/mol. The van der Waals surface area contributed by atoms with Crippen molar-refractivity contribution in [1.29, 1.82) is 0 Å². The molecule has 1 aliphatic rings. The highest BCUT2D eigenvalue weighted by Crippen LogP contribution is 2.26. The van der Waals surface area contributed by atoms with Crippen LogP contribution in [0.1, 0.15) is 50.1 Å². The zero-order chi connectivity index (χ0) is 22.6. The first-order valence-electron chi connectivity index (χ1n) is 10.1. The van der Waals surface area contributed by atoms with Gasteiger partial charge in [0.2, 0.25) is 0 Å². The fourth-order valence-corrected chi connectivity index (χ4v) is 3.47. The number of ether oxygens (including phenoxy) is 2. The molecule has 0 bridgehead atoms. The maximum Gasteiger partial charge on any atom is 0.410 e. The van der Waals surface area contributed by atoms with Gasteiger partial charge in [0, 0.05) is 31.0 Å². The van der Waals surface area contributed by atoms with Crippen LogP contribution in [0.25, 0.3) is 0 Å². The number of halogens is 2. The lowest BCUT2D eigenvalue weighted by Crippen LogP contribution is -2.42. The highest BCUT2D eigenvalue weighted by atomic mass is 19.3. The Morgan fingerprint density at radius 2 is 1.74 bits per heavy atom. The molecule has 0 atom stereocenters. The third kappa shape index (κ3) is 6.19. The Kier molecular flexibility index (Phi) is 6.82. The SMILES string of the molecule is CC(C)(C)OC(=O)N1CCC(n2cccc2C(=O)Nc2ccc(OC(F)F)cc2)CC1. The predicted octanol–water partition coefficient (Wildman–Crippen LogP) is 4.91. The third-order valence-electron chi connectivity index (χ3n) is 4.86. The fraction of sp³-hybridized carbons (Fsp3) is 0.455. The van der Waals surface area contributed by atoms with E-state index in [0.29, 0.717) is 37.3 Å². The fourth-order valence-electron chi connectivity index (χ4n) is 3.47. The van der Waals surface area contributed by atoms with Gasteiger partial charge in [-0.05, 0) is 70.0 Å². The summed E-state index contributed by atoms with van der Waals surface area (Å²) in [7, 11) is 0. The van der Waals surface area contributed by atoms with Crippen LogP contribution in [-0.2, 0) is 4.74 Å². The number of amides is 2. The second kappa shape index (κ2) is 9.36. The molecule has 1 N–H and O–H groups in total. The molecule has 31 heavy (non-hydrogen) atoms. The van der Waals surface area contributed by atoms with Crippen LogP contribution in [0.5, 0.6) is 5.75 Å². The molecule has 2 aromatic rings. The van der Waals surface area contributed by atoms with Crippen LogP contribution in [0.2, 0.25) is 0 Å². The van der Waals surface area contributed by atoms with Crippen molar-refractivity contribution in [3.63, 3.8) is 0 Å². The number of alkyl halides is 2. The number of benzene rings is 1. The molecule has 1 aliphatic heterocycles. The Hall–Kier alpha value is -3.10. The van der Waals surface area contributed by atoms with Gasteiger partial charge in [0.05, 0.1) is 0 Å². The summed E-state index contributed by atoms with van der Waals surface area (Å²) in [5, 5.41) is 2.77. The lowest BCUT2D eigenvalue weighted by Gasteiger charge is -2.34. The van der Waals surface area contributed by atoms with E-state index in [1.54, 1.807) is 17.0 Å². The van der Waals surface area contributed by atoms with Gasteiger partial charge in [-0.15, -0.1) is 0 Å². The standard InChI is InChI=1S/C22H27F2N3O4/c1-22(2,3)31-21(29)26-13-10-16(11-14-26)27-12-4-5-18(27)19(28)25-15-6-8-17(9-7-15)30-20(23)24/h4-9,12,16,20H,10-11,13-14H2,1-3H3,(H,25,28). The number of carbonyl (C=O) groups excluding carboxylic acids is 2. The second-order valence-corrected chi connectivity index (χ2v) is 8.36. The number of nitrogens with one attached hydrogen (secondary N) is 1. The van der Waals surface area contributed by atoms with Gasteiger partial charge in [0.25, 0.3) is 5.91 Å². The summed E-state index contributed by atoms with van der Waals surface area (Å²) in [6.45, 7) is 3.70. The first-order valence-corrected chi connectivity index (χ1v) is 10.1. The topological polar surface area (TPSA) is 72.8 Å². The Labute approximate surface area is 179 Å².